The Bertz CT molecular complexity index is 1660. The highest BCUT2D eigenvalue weighted by Gasteiger charge is 2.35. The monoisotopic (exact) mass is 628 g/mol. The molecule has 0 saturated carbocycles. The fourth-order valence-electron chi connectivity index (χ4n) is 5.27. The van der Waals surface area contributed by atoms with Crippen molar-refractivity contribution in [3.8, 4) is 5.75 Å². The van der Waals surface area contributed by atoms with Crippen molar-refractivity contribution in [1.29, 1.82) is 0 Å². The van der Waals surface area contributed by atoms with Crippen molar-refractivity contribution in [2.24, 2.45) is 5.41 Å². The van der Waals surface area contributed by atoms with Crippen LogP contribution in [0.25, 0.3) is 17.0 Å². The summed E-state index contributed by atoms with van der Waals surface area (Å²) >= 11 is 0. The minimum atomic E-state index is -1.22. The van der Waals surface area contributed by atoms with Crippen molar-refractivity contribution in [2.45, 2.75) is 58.2 Å². The molecule has 12 heteroatoms. The first kappa shape index (κ1) is 32.4. The molecule has 12 nitrogen and oxygen atoms in total. The average Bonchev–Trinajstić information content (AvgIpc) is 3.06. The second-order valence-corrected chi connectivity index (χ2v) is 12.2. The molecule has 0 unspecified atom stereocenters. The molecule has 0 aliphatic carbocycles. The van der Waals surface area contributed by atoms with Crippen molar-refractivity contribution in [3.05, 3.63) is 71.8 Å². The molecule has 5 rings (SSSR count). The van der Waals surface area contributed by atoms with E-state index in [2.05, 4.69) is 16.2 Å². The molecule has 46 heavy (non-hydrogen) atoms. The molecule has 3 amide bonds. The van der Waals surface area contributed by atoms with Crippen LogP contribution in [0.5, 0.6) is 5.75 Å². The van der Waals surface area contributed by atoms with Crippen LogP contribution in [-0.2, 0) is 30.3 Å². The van der Waals surface area contributed by atoms with Crippen LogP contribution >= 0.6 is 0 Å². The van der Waals surface area contributed by atoms with E-state index in [0.29, 0.717) is 36.5 Å². The maximum absolute atomic E-state index is 13.6. The Morgan fingerprint density at radius 1 is 1.02 bits per heavy atom. The molecular formula is C34H40N6O6. The summed E-state index contributed by atoms with van der Waals surface area (Å²) in [6, 6.07) is 14.9. The van der Waals surface area contributed by atoms with Crippen LogP contribution in [0.15, 0.2) is 60.7 Å². The van der Waals surface area contributed by atoms with E-state index in [9.17, 15) is 19.2 Å². The standard InChI is InChI=1S/C34H40N6O6/c1-21-32(43)40-18-6-7-26(37-40)30(41)38-39(4)29-15-12-24-11-8-23(19-27(24)36-29)16-17-34(2,3)33(44)46-28(31(42)35-21)20-22-9-13-25(45-5)14-10-22/h8-17,19,21,26,28,37H,6-7,18,20H2,1-5H3,(H,35,42)(H,38,41)/b17-16+/t21-,26-,28-/m0/s1. The van der Waals surface area contributed by atoms with Gasteiger partial charge in [-0.25, -0.2) is 10.4 Å². The highest BCUT2D eigenvalue weighted by Crippen LogP contribution is 2.25. The zero-order valence-corrected chi connectivity index (χ0v) is 26.7. The molecule has 1 saturated heterocycles. The number of anilines is 1. The molecule has 1 aromatic heterocycles. The molecule has 2 aliphatic rings. The van der Waals surface area contributed by atoms with E-state index in [0.717, 1.165) is 16.5 Å². The van der Waals surface area contributed by atoms with Crippen LogP contribution in [0.2, 0.25) is 0 Å². The quantitative estimate of drug-likeness (QED) is 0.373. The molecule has 3 N–H and O–H groups in total. The van der Waals surface area contributed by atoms with Crippen molar-refractivity contribution < 1.29 is 28.7 Å². The second kappa shape index (κ2) is 13.6. The summed E-state index contributed by atoms with van der Waals surface area (Å²) in [4.78, 5) is 58.5. The predicted molar refractivity (Wildman–Crippen MR) is 173 cm³/mol. The van der Waals surface area contributed by atoms with Crippen LogP contribution in [0.3, 0.4) is 0 Å². The largest absolute Gasteiger partial charge is 0.497 e. The summed E-state index contributed by atoms with van der Waals surface area (Å²) in [7, 11) is 3.26. The Balaban J connectivity index is 1.49. The third-order valence-corrected chi connectivity index (χ3v) is 8.16. The van der Waals surface area contributed by atoms with Crippen LogP contribution in [0, 0.1) is 5.41 Å². The van der Waals surface area contributed by atoms with E-state index in [1.807, 2.05) is 36.4 Å². The summed E-state index contributed by atoms with van der Waals surface area (Å²) in [5.41, 5.74) is 7.02. The number of ether oxygens (including phenoxy) is 2. The number of carbonyl (C=O) groups is 4. The van der Waals surface area contributed by atoms with Crippen molar-refractivity contribution in [2.75, 3.05) is 25.7 Å². The average molecular weight is 629 g/mol. The molecule has 0 spiro atoms. The van der Waals surface area contributed by atoms with Gasteiger partial charge in [0.25, 0.3) is 17.7 Å². The maximum Gasteiger partial charge on any atom is 0.316 e. The number of aromatic nitrogens is 1. The summed E-state index contributed by atoms with van der Waals surface area (Å²) in [5, 5.41) is 6.53. The van der Waals surface area contributed by atoms with Gasteiger partial charge >= 0.3 is 5.97 Å². The summed E-state index contributed by atoms with van der Waals surface area (Å²) in [6.07, 6.45) is 3.49. The van der Waals surface area contributed by atoms with Gasteiger partial charge in [-0.15, -0.1) is 0 Å². The van der Waals surface area contributed by atoms with Crippen LogP contribution in [-0.4, -0.2) is 72.6 Å². The Morgan fingerprint density at radius 2 is 1.76 bits per heavy atom. The zero-order valence-electron chi connectivity index (χ0n) is 26.7. The van der Waals surface area contributed by atoms with E-state index in [1.54, 1.807) is 70.3 Å². The third-order valence-electron chi connectivity index (χ3n) is 8.16. The Labute approximate surface area is 268 Å². The number of esters is 1. The predicted octanol–water partition coefficient (Wildman–Crippen LogP) is 2.92. The van der Waals surface area contributed by atoms with E-state index in [4.69, 9.17) is 14.5 Å². The van der Waals surface area contributed by atoms with E-state index < -0.39 is 41.4 Å². The third kappa shape index (κ3) is 7.45. The summed E-state index contributed by atoms with van der Waals surface area (Å²) < 4.78 is 11.1. The SMILES string of the molecule is COc1ccc(C[C@@H]2OC(=O)C(C)(C)/C=C/c3ccc4ccc(nc4c3)N(C)NC(=O)[C@@H]3CCCN(N3)C(=O)[C@H](C)NC2=O)cc1. The number of methoxy groups -OCH3 is 1. The second-order valence-electron chi connectivity index (χ2n) is 12.2. The van der Waals surface area contributed by atoms with Crippen molar-refractivity contribution in [1.82, 2.24) is 26.2 Å². The van der Waals surface area contributed by atoms with Crippen molar-refractivity contribution >= 4 is 46.5 Å². The van der Waals surface area contributed by atoms with Gasteiger partial charge in [0.1, 0.15) is 23.7 Å². The lowest BCUT2D eigenvalue weighted by Gasteiger charge is -2.35. The van der Waals surface area contributed by atoms with Gasteiger partial charge in [-0.1, -0.05) is 36.4 Å². The van der Waals surface area contributed by atoms with E-state index in [1.165, 1.54) is 5.01 Å². The lowest BCUT2D eigenvalue weighted by Crippen LogP contribution is -2.62. The number of amides is 3. The molecule has 0 radical (unpaired) electrons. The van der Waals surface area contributed by atoms with Crippen LogP contribution < -0.4 is 25.9 Å². The number of cyclic esters (lactones) is 1. The van der Waals surface area contributed by atoms with E-state index >= 15 is 0 Å². The van der Waals surface area contributed by atoms with Gasteiger partial charge in [-0.2, -0.15) is 0 Å². The Morgan fingerprint density at radius 3 is 2.50 bits per heavy atom. The summed E-state index contributed by atoms with van der Waals surface area (Å²) in [5.74, 6) is -0.783. The van der Waals surface area contributed by atoms with Gasteiger partial charge in [-0.3, -0.25) is 34.6 Å². The zero-order chi connectivity index (χ0) is 33.0. The van der Waals surface area contributed by atoms with Gasteiger partial charge in [0.05, 0.1) is 18.0 Å². The minimum Gasteiger partial charge on any atom is -0.497 e. The highest BCUT2D eigenvalue weighted by molar-refractivity contribution is 5.92. The number of nitrogens with zero attached hydrogens (tertiary/aromatic N) is 3. The molecule has 1 fully saturated rings. The Kier molecular flexibility index (Phi) is 9.57. The fraction of sp³-hybridized carbons (Fsp3) is 0.382. The van der Waals surface area contributed by atoms with Crippen LogP contribution in [0.4, 0.5) is 5.82 Å². The first-order valence-electron chi connectivity index (χ1n) is 15.3. The number of rotatable bonds is 3. The maximum atomic E-state index is 13.6. The fourth-order valence-corrected chi connectivity index (χ4v) is 5.27. The number of hydrazine groups is 2. The topological polar surface area (TPSA) is 142 Å². The first-order valence-corrected chi connectivity index (χ1v) is 15.3. The molecule has 2 aliphatic heterocycles. The Hall–Kier alpha value is -4.97. The number of hydrogen-bond donors (Lipinski definition) is 3. The smallest absolute Gasteiger partial charge is 0.316 e. The first-order chi connectivity index (χ1) is 21.9. The highest BCUT2D eigenvalue weighted by atomic mass is 16.5. The lowest BCUT2D eigenvalue weighted by molar-refractivity contribution is -0.162. The number of benzene rings is 2. The number of nitrogens with one attached hydrogen (secondary N) is 3. The number of pyridine rings is 1. The molecule has 3 heterocycles. The molecule has 5 bridgehead atoms. The van der Waals surface area contributed by atoms with Crippen LogP contribution in [0.1, 0.15) is 44.7 Å². The van der Waals surface area contributed by atoms with E-state index in [-0.39, 0.29) is 12.3 Å². The van der Waals surface area contributed by atoms with Gasteiger partial charge in [0.15, 0.2) is 6.10 Å². The van der Waals surface area contributed by atoms with Gasteiger partial charge < -0.3 is 14.8 Å². The molecule has 3 aromatic rings. The molecule has 2 aromatic carbocycles. The minimum absolute atomic E-state index is 0.0820. The van der Waals surface area contributed by atoms with Gasteiger partial charge in [0.2, 0.25) is 0 Å². The number of carbonyl (C=O) groups excluding carboxylic acids is 4. The van der Waals surface area contributed by atoms with Gasteiger partial charge in [-0.05, 0) is 75.1 Å². The molecule has 242 valence electrons. The van der Waals surface area contributed by atoms with Crippen molar-refractivity contribution in [3.63, 3.8) is 0 Å². The lowest BCUT2D eigenvalue weighted by atomic mass is 9.92. The summed E-state index contributed by atoms with van der Waals surface area (Å²) in [6.45, 7) is 5.34. The molecule has 3 atom stereocenters. The normalized spacial score (nSPS) is 23.4. The molecular weight excluding hydrogens is 588 g/mol. The van der Waals surface area contributed by atoms with Gasteiger partial charge in [0, 0.05) is 25.4 Å². The number of fused-ring (bicyclic) bond motifs is 4. The number of hydrogen-bond acceptors (Lipinski definition) is 9.